The van der Waals surface area contributed by atoms with Crippen LogP contribution >= 0.6 is 11.3 Å². The third-order valence-corrected chi connectivity index (χ3v) is 5.30. The lowest BCUT2D eigenvalue weighted by atomic mass is 10.1. The average molecular weight is 412 g/mol. The van der Waals surface area contributed by atoms with Gasteiger partial charge in [-0.25, -0.2) is 4.98 Å². The minimum absolute atomic E-state index is 0.170. The molecule has 30 heavy (non-hydrogen) atoms. The Morgan fingerprint density at radius 3 is 2.60 bits per heavy atom. The van der Waals surface area contributed by atoms with E-state index in [1.165, 1.54) is 11.6 Å². The van der Waals surface area contributed by atoms with E-state index in [9.17, 15) is 4.79 Å². The molecule has 4 nitrogen and oxygen atoms in total. The van der Waals surface area contributed by atoms with Crippen molar-refractivity contribution < 1.29 is 4.79 Å². The molecule has 148 valence electrons. The Morgan fingerprint density at radius 2 is 1.77 bits per heavy atom. The molecular weight excluding hydrogens is 390 g/mol. The van der Waals surface area contributed by atoms with Crippen LogP contribution in [0, 0.1) is 6.92 Å². The molecule has 1 aromatic heterocycles. The zero-order valence-corrected chi connectivity index (χ0v) is 17.3. The number of hydrogen-bond acceptors (Lipinski definition) is 4. The van der Waals surface area contributed by atoms with Crippen LogP contribution in [0.2, 0.25) is 0 Å². The van der Waals surface area contributed by atoms with Crippen molar-refractivity contribution in [2.75, 3.05) is 10.6 Å². The standard InChI is InChI=1S/C25H21N3OS/c1-18-8-5-6-13-22(18)27-25-28-23(17-30-25)20-11-7-12-21(16-20)26-24(29)15-14-19-9-3-2-4-10-19/h2-17H,1H3,(H,26,29)(H,27,28). The van der Waals surface area contributed by atoms with Gasteiger partial charge in [-0.2, -0.15) is 0 Å². The Hall–Kier alpha value is -3.70. The Bertz CT molecular complexity index is 1180. The highest BCUT2D eigenvalue weighted by Gasteiger charge is 2.07. The summed E-state index contributed by atoms with van der Waals surface area (Å²) in [4.78, 5) is 16.9. The third kappa shape index (κ3) is 5.01. The van der Waals surface area contributed by atoms with Crippen LogP contribution in [-0.4, -0.2) is 10.9 Å². The van der Waals surface area contributed by atoms with Gasteiger partial charge in [0.25, 0.3) is 0 Å². The second kappa shape index (κ2) is 9.20. The fraction of sp³-hybridized carbons (Fsp3) is 0.0400. The highest BCUT2D eigenvalue weighted by molar-refractivity contribution is 7.14. The molecule has 0 bridgehead atoms. The molecule has 0 aliphatic carbocycles. The Morgan fingerprint density at radius 1 is 0.967 bits per heavy atom. The van der Waals surface area contributed by atoms with Gasteiger partial charge in [-0.15, -0.1) is 11.3 Å². The minimum atomic E-state index is -0.170. The molecule has 2 N–H and O–H groups in total. The predicted octanol–water partition coefficient (Wildman–Crippen LogP) is 6.51. The second-order valence-electron chi connectivity index (χ2n) is 6.79. The number of hydrogen-bond donors (Lipinski definition) is 2. The summed E-state index contributed by atoms with van der Waals surface area (Å²) in [6, 6.07) is 25.6. The number of nitrogens with zero attached hydrogens (tertiary/aromatic N) is 1. The van der Waals surface area contributed by atoms with Crippen LogP contribution in [-0.2, 0) is 4.79 Å². The molecule has 0 saturated heterocycles. The normalized spacial score (nSPS) is 10.8. The fourth-order valence-electron chi connectivity index (χ4n) is 2.97. The SMILES string of the molecule is Cc1ccccc1Nc1nc(-c2cccc(NC(=O)C=Cc3ccccc3)c2)cs1. The van der Waals surface area contributed by atoms with Crippen LogP contribution in [0.4, 0.5) is 16.5 Å². The quantitative estimate of drug-likeness (QED) is 0.355. The van der Waals surface area contributed by atoms with Crippen molar-refractivity contribution in [3.8, 4) is 11.3 Å². The number of benzene rings is 3. The summed E-state index contributed by atoms with van der Waals surface area (Å²) >= 11 is 1.55. The number of amides is 1. The molecule has 4 aromatic rings. The number of rotatable bonds is 6. The molecule has 0 atom stereocenters. The van der Waals surface area contributed by atoms with Crippen LogP contribution in [0.15, 0.2) is 90.3 Å². The van der Waals surface area contributed by atoms with Gasteiger partial charge in [-0.1, -0.05) is 60.7 Å². The van der Waals surface area contributed by atoms with Crippen LogP contribution < -0.4 is 10.6 Å². The van der Waals surface area contributed by atoms with Gasteiger partial charge in [0.2, 0.25) is 5.91 Å². The lowest BCUT2D eigenvalue weighted by Gasteiger charge is -2.06. The van der Waals surface area contributed by atoms with E-state index >= 15 is 0 Å². The molecule has 0 radical (unpaired) electrons. The smallest absolute Gasteiger partial charge is 0.248 e. The largest absolute Gasteiger partial charge is 0.331 e. The maximum absolute atomic E-state index is 12.3. The summed E-state index contributed by atoms with van der Waals surface area (Å²) in [6.07, 6.45) is 3.33. The van der Waals surface area contributed by atoms with Gasteiger partial charge in [0.1, 0.15) is 0 Å². The molecular formula is C25H21N3OS. The van der Waals surface area contributed by atoms with Crippen LogP contribution in [0.25, 0.3) is 17.3 Å². The van der Waals surface area contributed by atoms with Crippen molar-refractivity contribution in [1.82, 2.24) is 4.98 Å². The van der Waals surface area contributed by atoms with Gasteiger partial charge in [-0.05, 0) is 42.3 Å². The molecule has 0 aliphatic rings. The summed E-state index contributed by atoms with van der Waals surface area (Å²) in [6.45, 7) is 2.06. The van der Waals surface area contributed by atoms with E-state index < -0.39 is 0 Å². The van der Waals surface area contributed by atoms with Crippen molar-refractivity contribution in [2.45, 2.75) is 6.92 Å². The van der Waals surface area contributed by atoms with Gasteiger partial charge in [0, 0.05) is 28.4 Å². The Balaban J connectivity index is 1.45. The summed E-state index contributed by atoms with van der Waals surface area (Å²) < 4.78 is 0. The monoisotopic (exact) mass is 411 g/mol. The molecule has 1 amide bonds. The first-order valence-electron chi connectivity index (χ1n) is 9.60. The summed E-state index contributed by atoms with van der Waals surface area (Å²) in [7, 11) is 0. The highest BCUT2D eigenvalue weighted by atomic mass is 32.1. The van der Waals surface area contributed by atoms with E-state index in [4.69, 9.17) is 4.98 Å². The van der Waals surface area contributed by atoms with Crippen molar-refractivity contribution in [1.29, 1.82) is 0 Å². The Labute approximate surface area is 179 Å². The van der Waals surface area contributed by atoms with Gasteiger partial charge in [0.15, 0.2) is 5.13 Å². The van der Waals surface area contributed by atoms with Crippen molar-refractivity contribution in [3.05, 3.63) is 101 Å². The number of nitrogens with one attached hydrogen (secondary N) is 2. The van der Waals surface area contributed by atoms with E-state index in [-0.39, 0.29) is 5.91 Å². The first kappa shape index (κ1) is 19.6. The minimum Gasteiger partial charge on any atom is -0.331 e. The predicted molar refractivity (Wildman–Crippen MR) is 126 cm³/mol. The lowest BCUT2D eigenvalue weighted by Crippen LogP contribution is -2.07. The zero-order valence-electron chi connectivity index (χ0n) is 16.5. The lowest BCUT2D eigenvalue weighted by molar-refractivity contribution is -0.111. The van der Waals surface area contributed by atoms with E-state index in [0.29, 0.717) is 0 Å². The zero-order chi connectivity index (χ0) is 20.8. The number of aryl methyl sites for hydroxylation is 1. The van der Waals surface area contributed by atoms with Gasteiger partial charge in [-0.3, -0.25) is 4.79 Å². The summed E-state index contributed by atoms with van der Waals surface area (Å²) in [5.74, 6) is -0.170. The van der Waals surface area contributed by atoms with E-state index in [1.54, 1.807) is 17.4 Å². The average Bonchev–Trinajstić information content (AvgIpc) is 3.24. The molecule has 0 spiro atoms. The topological polar surface area (TPSA) is 54.0 Å². The molecule has 0 saturated carbocycles. The highest BCUT2D eigenvalue weighted by Crippen LogP contribution is 2.29. The van der Waals surface area contributed by atoms with E-state index in [2.05, 4.69) is 23.6 Å². The van der Waals surface area contributed by atoms with E-state index in [1.807, 2.05) is 78.2 Å². The Kier molecular flexibility index (Phi) is 6.01. The number of thiazole rings is 1. The number of carbonyl (C=O) groups excluding carboxylic acids is 1. The van der Waals surface area contributed by atoms with Crippen molar-refractivity contribution in [3.63, 3.8) is 0 Å². The van der Waals surface area contributed by atoms with Crippen molar-refractivity contribution in [2.24, 2.45) is 0 Å². The second-order valence-corrected chi connectivity index (χ2v) is 7.65. The molecule has 0 aliphatic heterocycles. The molecule has 0 unspecified atom stereocenters. The third-order valence-electron chi connectivity index (χ3n) is 4.54. The fourth-order valence-corrected chi connectivity index (χ4v) is 3.70. The number of para-hydroxylation sites is 1. The molecule has 1 heterocycles. The van der Waals surface area contributed by atoms with Gasteiger partial charge in [0.05, 0.1) is 5.69 Å². The maximum atomic E-state index is 12.3. The van der Waals surface area contributed by atoms with Crippen LogP contribution in [0.1, 0.15) is 11.1 Å². The molecule has 4 rings (SSSR count). The first-order valence-corrected chi connectivity index (χ1v) is 10.5. The first-order chi connectivity index (χ1) is 14.7. The van der Waals surface area contributed by atoms with Crippen molar-refractivity contribution >= 4 is 39.8 Å². The molecule has 5 heteroatoms. The van der Waals surface area contributed by atoms with Gasteiger partial charge < -0.3 is 10.6 Å². The molecule has 3 aromatic carbocycles. The van der Waals surface area contributed by atoms with Gasteiger partial charge >= 0.3 is 0 Å². The van der Waals surface area contributed by atoms with Crippen LogP contribution in [0.3, 0.4) is 0 Å². The summed E-state index contributed by atoms with van der Waals surface area (Å²) in [5.41, 5.74) is 5.75. The maximum Gasteiger partial charge on any atom is 0.248 e. The molecule has 0 fully saturated rings. The van der Waals surface area contributed by atoms with E-state index in [0.717, 1.165) is 33.3 Å². The number of anilines is 3. The van der Waals surface area contributed by atoms with Crippen LogP contribution in [0.5, 0.6) is 0 Å². The number of aromatic nitrogens is 1. The number of carbonyl (C=O) groups is 1. The summed E-state index contributed by atoms with van der Waals surface area (Å²) in [5, 5.41) is 9.12.